The molecule has 0 aliphatic heterocycles. The number of benzene rings is 3. The van der Waals surface area contributed by atoms with Gasteiger partial charge in [0.05, 0.1) is 23.7 Å². The van der Waals surface area contributed by atoms with Crippen molar-refractivity contribution in [2.24, 2.45) is 0 Å². The Morgan fingerprint density at radius 3 is 2.60 bits per heavy atom. The summed E-state index contributed by atoms with van der Waals surface area (Å²) in [5.74, 6) is 0.269. The maximum Gasteiger partial charge on any atom is 0.209 e. The van der Waals surface area contributed by atoms with Gasteiger partial charge in [0.25, 0.3) is 0 Å². The number of pyridine rings is 1. The van der Waals surface area contributed by atoms with E-state index in [0.717, 1.165) is 62.7 Å². The zero-order valence-electron chi connectivity index (χ0n) is 24.0. The monoisotopic (exact) mass is 598 g/mol. The average Bonchev–Trinajstić information content (AvgIpc) is 3.59. The van der Waals surface area contributed by atoms with Crippen LogP contribution < -0.4 is 9.46 Å². The van der Waals surface area contributed by atoms with Crippen LogP contribution in [0.2, 0.25) is 0 Å². The van der Waals surface area contributed by atoms with Crippen molar-refractivity contribution < 1.29 is 17.5 Å². The third-order valence-electron chi connectivity index (χ3n) is 7.14. The third-order valence-corrected chi connectivity index (χ3v) is 7.81. The Labute approximate surface area is 248 Å². The maximum absolute atomic E-state index is 14.6. The van der Waals surface area contributed by atoms with Crippen molar-refractivity contribution in [2.45, 2.75) is 6.54 Å². The van der Waals surface area contributed by atoms with Crippen LogP contribution in [-0.4, -0.2) is 67.0 Å². The van der Waals surface area contributed by atoms with Crippen molar-refractivity contribution >= 4 is 31.8 Å². The zero-order valence-corrected chi connectivity index (χ0v) is 24.8. The first-order valence-electron chi connectivity index (χ1n) is 13.7. The minimum Gasteiger partial charge on any atom is -0.491 e. The van der Waals surface area contributed by atoms with E-state index in [-0.39, 0.29) is 6.54 Å². The lowest BCUT2D eigenvalue weighted by molar-refractivity contribution is 0.261. The molecule has 0 bridgehead atoms. The van der Waals surface area contributed by atoms with Crippen LogP contribution in [0, 0.1) is 5.82 Å². The highest BCUT2D eigenvalue weighted by molar-refractivity contribution is 7.88. The van der Waals surface area contributed by atoms with Gasteiger partial charge in [0.1, 0.15) is 23.9 Å². The summed E-state index contributed by atoms with van der Waals surface area (Å²) in [5.41, 5.74) is 7.22. The minimum absolute atomic E-state index is 0.000184. The Morgan fingerprint density at radius 2 is 1.79 bits per heavy atom. The summed E-state index contributed by atoms with van der Waals surface area (Å²) in [6.07, 6.45) is 4.60. The predicted molar refractivity (Wildman–Crippen MR) is 168 cm³/mol. The number of ether oxygens (including phenoxy) is 1. The van der Waals surface area contributed by atoms with Crippen LogP contribution in [0.4, 0.5) is 4.39 Å². The average molecular weight is 599 g/mol. The number of fused-ring (bicyclic) bond motifs is 2. The number of H-pyrrole nitrogens is 2. The van der Waals surface area contributed by atoms with Gasteiger partial charge in [-0.3, -0.25) is 10.1 Å². The Balaban J connectivity index is 1.35. The van der Waals surface area contributed by atoms with Gasteiger partial charge in [0, 0.05) is 41.1 Å². The van der Waals surface area contributed by atoms with Crippen molar-refractivity contribution in [3.63, 3.8) is 0 Å². The van der Waals surface area contributed by atoms with Crippen LogP contribution in [0.1, 0.15) is 5.56 Å². The largest absolute Gasteiger partial charge is 0.491 e. The van der Waals surface area contributed by atoms with Crippen LogP contribution in [0.15, 0.2) is 79.1 Å². The summed E-state index contributed by atoms with van der Waals surface area (Å²) in [4.78, 5) is 9.92. The fourth-order valence-corrected chi connectivity index (χ4v) is 5.49. The number of nitrogens with one attached hydrogen (secondary N) is 3. The molecule has 0 unspecified atom stereocenters. The molecule has 0 atom stereocenters. The lowest BCUT2D eigenvalue weighted by Crippen LogP contribution is -2.21. The minimum atomic E-state index is -3.42. The van der Waals surface area contributed by atoms with Gasteiger partial charge in [-0.05, 0) is 84.9 Å². The van der Waals surface area contributed by atoms with Gasteiger partial charge in [0.15, 0.2) is 0 Å². The van der Waals surface area contributed by atoms with Gasteiger partial charge in [-0.15, -0.1) is 0 Å². The first-order chi connectivity index (χ1) is 20.6. The summed E-state index contributed by atoms with van der Waals surface area (Å²) in [6, 6.07) is 20.4. The Bertz CT molecular complexity index is 2050. The molecule has 6 rings (SSSR count). The molecule has 0 aliphatic rings. The Morgan fingerprint density at radius 1 is 0.930 bits per heavy atom. The van der Waals surface area contributed by atoms with E-state index >= 15 is 0 Å². The lowest BCUT2D eigenvalue weighted by atomic mass is 9.99. The van der Waals surface area contributed by atoms with Crippen LogP contribution >= 0.6 is 0 Å². The zero-order chi connectivity index (χ0) is 30.1. The van der Waals surface area contributed by atoms with E-state index in [1.807, 2.05) is 62.8 Å². The fraction of sp³-hybridized carbons (Fsp3) is 0.188. The molecule has 43 heavy (non-hydrogen) atoms. The third kappa shape index (κ3) is 6.43. The van der Waals surface area contributed by atoms with Crippen LogP contribution in [0.3, 0.4) is 0 Å². The smallest absolute Gasteiger partial charge is 0.209 e. The standard InChI is InChI=1S/C32H31FN6O3S/c1-39(2)9-10-42-25-14-23(18-34-19-25)21-7-8-30-28(15-21)32(38-37-30)31-16-27-26(5-4-6-29(27)36-31)22-11-20(12-24(33)13-22)17-35-43(3,40)41/h4-8,11-16,18-19,35-36H,9-10,17H2,1-3H3,(H,37,38). The highest BCUT2D eigenvalue weighted by Gasteiger charge is 2.16. The number of hydrogen-bond donors (Lipinski definition) is 3. The second kappa shape index (κ2) is 11.6. The quantitative estimate of drug-likeness (QED) is 0.190. The van der Waals surface area contributed by atoms with E-state index in [9.17, 15) is 12.8 Å². The topological polar surface area (TPSA) is 116 Å². The summed E-state index contributed by atoms with van der Waals surface area (Å²) in [5, 5.41) is 9.58. The first kappa shape index (κ1) is 28.5. The van der Waals surface area contributed by atoms with Crippen molar-refractivity contribution in [3.8, 4) is 39.4 Å². The fourth-order valence-electron chi connectivity index (χ4n) is 5.06. The molecule has 3 aromatic heterocycles. The molecule has 11 heteroatoms. The molecule has 0 saturated carbocycles. The molecule has 6 aromatic rings. The molecule has 220 valence electrons. The number of aromatic nitrogens is 4. The number of hydrogen-bond acceptors (Lipinski definition) is 6. The number of halogens is 1. The molecular weight excluding hydrogens is 567 g/mol. The van der Waals surface area contributed by atoms with E-state index in [1.54, 1.807) is 12.3 Å². The molecular formula is C32H31FN6O3S. The molecule has 3 N–H and O–H groups in total. The van der Waals surface area contributed by atoms with Crippen LogP contribution in [-0.2, 0) is 16.6 Å². The molecule has 0 amide bonds. The SMILES string of the molecule is CN(C)CCOc1cncc(-c2ccc3[nH]nc(-c4cc5c(-c6cc(F)cc(CNS(C)(=O)=O)c6)cccc5[nH]4)c3c2)c1. The van der Waals surface area contributed by atoms with Crippen molar-refractivity contribution in [2.75, 3.05) is 33.5 Å². The summed E-state index contributed by atoms with van der Waals surface area (Å²) < 4.78 is 46.1. The molecule has 0 saturated heterocycles. The van der Waals surface area contributed by atoms with Gasteiger partial charge in [-0.1, -0.05) is 18.2 Å². The Kier molecular flexibility index (Phi) is 7.70. The van der Waals surface area contributed by atoms with E-state index in [0.29, 0.717) is 23.5 Å². The molecule has 0 spiro atoms. The molecule has 0 fully saturated rings. The van der Waals surface area contributed by atoms with E-state index in [1.165, 1.54) is 12.1 Å². The van der Waals surface area contributed by atoms with E-state index in [2.05, 4.69) is 35.9 Å². The van der Waals surface area contributed by atoms with Gasteiger partial charge in [-0.2, -0.15) is 5.10 Å². The number of nitrogens with zero attached hydrogens (tertiary/aromatic N) is 3. The van der Waals surface area contributed by atoms with Crippen molar-refractivity contribution in [3.05, 3.63) is 90.5 Å². The normalized spacial score (nSPS) is 12.0. The lowest BCUT2D eigenvalue weighted by Gasteiger charge is -2.11. The molecule has 3 aromatic carbocycles. The molecule has 9 nitrogen and oxygen atoms in total. The highest BCUT2D eigenvalue weighted by atomic mass is 32.2. The van der Waals surface area contributed by atoms with E-state index < -0.39 is 15.8 Å². The second-order valence-corrected chi connectivity index (χ2v) is 12.6. The van der Waals surface area contributed by atoms with Crippen molar-refractivity contribution in [1.82, 2.24) is 29.8 Å². The first-order valence-corrected chi connectivity index (χ1v) is 15.6. The van der Waals surface area contributed by atoms with Crippen LogP contribution in [0.25, 0.3) is 55.4 Å². The summed E-state index contributed by atoms with van der Waals surface area (Å²) in [6.45, 7) is 1.38. The summed E-state index contributed by atoms with van der Waals surface area (Å²) >= 11 is 0. The number of sulfonamides is 1. The number of aromatic amines is 2. The molecule has 0 radical (unpaired) electrons. The maximum atomic E-state index is 14.6. The van der Waals surface area contributed by atoms with Crippen molar-refractivity contribution in [1.29, 1.82) is 0 Å². The Hall–Kier alpha value is -4.58. The number of rotatable bonds is 10. The van der Waals surface area contributed by atoms with E-state index in [4.69, 9.17) is 4.74 Å². The molecule has 0 aliphatic carbocycles. The van der Waals surface area contributed by atoms with Gasteiger partial charge < -0.3 is 14.6 Å². The van der Waals surface area contributed by atoms with Gasteiger partial charge in [-0.25, -0.2) is 17.5 Å². The van der Waals surface area contributed by atoms with Crippen LogP contribution in [0.5, 0.6) is 5.75 Å². The second-order valence-electron chi connectivity index (χ2n) is 10.8. The highest BCUT2D eigenvalue weighted by Crippen LogP contribution is 2.36. The molecule has 3 heterocycles. The predicted octanol–water partition coefficient (Wildman–Crippen LogP) is 5.57. The van der Waals surface area contributed by atoms with Gasteiger partial charge in [0.2, 0.25) is 10.0 Å². The summed E-state index contributed by atoms with van der Waals surface area (Å²) in [7, 11) is 0.591. The number of likely N-dealkylation sites (N-methyl/N-ethyl adjacent to an activating group) is 1. The van der Waals surface area contributed by atoms with Gasteiger partial charge >= 0.3 is 0 Å².